The number of rotatable bonds is 7. The Balaban J connectivity index is 1.47. The summed E-state index contributed by atoms with van der Waals surface area (Å²) in [6.07, 6.45) is 4.03. The van der Waals surface area contributed by atoms with Crippen LogP contribution in [-0.2, 0) is 13.5 Å². The number of fused-ring (bicyclic) bond motifs is 1. The van der Waals surface area contributed by atoms with E-state index in [1.165, 1.54) is 10.5 Å². The van der Waals surface area contributed by atoms with E-state index in [0.717, 1.165) is 17.8 Å². The lowest BCUT2D eigenvalue weighted by molar-refractivity contribution is 0.547. The number of nitrogens with zero attached hydrogens (tertiary/aromatic N) is 7. The average molecular weight is 507 g/mol. The van der Waals surface area contributed by atoms with E-state index >= 15 is 4.39 Å². The summed E-state index contributed by atoms with van der Waals surface area (Å²) < 4.78 is 18.5. The van der Waals surface area contributed by atoms with Crippen molar-refractivity contribution < 1.29 is 4.39 Å². The summed E-state index contributed by atoms with van der Waals surface area (Å²) in [6, 6.07) is 16.9. The standard InChI is InChI=1S/C23H20BrFN8/c1-32-20(8-10-27-32)29-23-26-9-7-18(28-23)16-12-19(25)33-21(13-16)30-31-22(33)17(14-24)11-15-5-3-2-4-6-15/h2-10,12-13,17H,11,14H2,1H3,(H,26,28,29). The van der Waals surface area contributed by atoms with Crippen LogP contribution in [0.4, 0.5) is 16.2 Å². The van der Waals surface area contributed by atoms with Crippen molar-refractivity contribution in [2.75, 3.05) is 10.6 Å². The molecule has 5 rings (SSSR count). The topological polar surface area (TPSA) is 85.8 Å². The van der Waals surface area contributed by atoms with Gasteiger partial charge in [-0.1, -0.05) is 46.3 Å². The van der Waals surface area contributed by atoms with Gasteiger partial charge in [0.15, 0.2) is 5.65 Å². The van der Waals surface area contributed by atoms with Crippen LogP contribution in [0.2, 0.25) is 0 Å². The van der Waals surface area contributed by atoms with Crippen molar-refractivity contribution in [3.63, 3.8) is 0 Å². The van der Waals surface area contributed by atoms with E-state index in [1.54, 1.807) is 29.2 Å². The van der Waals surface area contributed by atoms with E-state index in [1.807, 2.05) is 31.3 Å². The number of benzene rings is 1. The van der Waals surface area contributed by atoms with E-state index in [2.05, 4.69) is 58.6 Å². The Morgan fingerprint density at radius 3 is 2.67 bits per heavy atom. The van der Waals surface area contributed by atoms with Crippen LogP contribution < -0.4 is 5.32 Å². The van der Waals surface area contributed by atoms with Crippen LogP contribution in [0, 0.1) is 5.95 Å². The first-order valence-corrected chi connectivity index (χ1v) is 11.5. The van der Waals surface area contributed by atoms with Gasteiger partial charge in [-0.3, -0.25) is 9.08 Å². The van der Waals surface area contributed by atoms with Crippen molar-refractivity contribution in [2.45, 2.75) is 12.3 Å². The number of halogens is 2. The molecule has 1 unspecified atom stereocenters. The molecule has 0 bridgehead atoms. The van der Waals surface area contributed by atoms with E-state index in [-0.39, 0.29) is 5.92 Å². The molecule has 0 aliphatic rings. The number of pyridine rings is 1. The number of aryl methyl sites for hydroxylation is 1. The highest BCUT2D eigenvalue weighted by atomic mass is 79.9. The molecule has 0 aliphatic heterocycles. The molecule has 0 amide bonds. The minimum absolute atomic E-state index is 0.0310. The van der Waals surface area contributed by atoms with Gasteiger partial charge >= 0.3 is 0 Å². The molecule has 33 heavy (non-hydrogen) atoms. The second-order valence-corrected chi connectivity index (χ2v) is 8.24. The summed E-state index contributed by atoms with van der Waals surface area (Å²) in [4.78, 5) is 8.77. The van der Waals surface area contributed by atoms with Crippen LogP contribution in [-0.4, -0.2) is 39.7 Å². The molecule has 166 valence electrons. The summed E-state index contributed by atoms with van der Waals surface area (Å²) in [5.74, 6) is 1.24. The zero-order valence-electron chi connectivity index (χ0n) is 17.7. The molecule has 0 fully saturated rings. The molecule has 0 radical (unpaired) electrons. The maximum absolute atomic E-state index is 15.3. The van der Waals surface area contributed by atoms with Crippen LogP contribution in [0.1, 0.15) is 17.3 Å². The molecule has 0 saturated carbocycles. The van der Waals surface area contributed by atoms with E-state index in [4.69, 9.17) is 0 Å². The summed E-state index contributed by atoms with van der Waals surface area (Å²) >= 11 is 3.56. The van der Waals surface area contributed by atoms with Gasteiger partial charge in [0.1, 0.15) is 11.6 Å². The van der Waals surface area contributed by atoms with Gasteiger partial charge in [-0.05, 0) is 24.1 Å². The van der Waals surface area contributed by atoms with Gasteiger partial charge in [0.25, 0.3) is 0 Å². The largest absolute Gasteiger partial charge is 0.309 e. The second kappa shape index (κ2) is 9.07. The third kappa shape index (κ3) is 4.34. The summed E-state index contributed by atoms with van der Waals surface area (Å²) in [5, 5.41) is 16.4. The Hall–Kier alpha value is -3.66. The van der Waals surface area contributed by atoms with Crippen molar-refractivity contribution in [3.8, 4) is 11.3 Å². The summed E-state index contributed by atoms with van der Waals surface area (Å²) in [5.41, 5.74) is 2.75. The molecule has 0 spiro atoms. The predicted molar refractivity (Wildman–Crippen MR) is 127 cm³/mol. The SMILES string of the molecule is Cn1nccc1Nc1nccc(-c2cc(F)n3c(C(CBr)Cc4ccccc4)nnc3c2)n1. The van der Waals surface area contributed by atoms with Crippen molar-refractivity contribution in [2.24, 2.45) is 7.05 Å². The molecule has 4 aromatic heterocycles. The second-order valence-electron chi connectivity index (χ2n) is 7.59. The quantitative estimate of drug-likeness (QED) is 0.258. The normalized spacial score (nSPS) is 12.2. The van der Waals surface area contributed by atoms with Gasteiger partial charge in [-0.2, -0.15) is 9.49 Å². The van der Waals surface area contributed by atoms with Crippen LogP contribution in [0.25, 0.3) is 16.9 Å². The fraction of sp³-hybridized carbons (Fsp3) is 0.174. The lowest BCUT2D eigenvalue weighted by Crippen LogP contribution is -2.11. The molecule has 4 heterocycles. The average Bonchev–Trinajstić information content (AvgIpc) is 3.45. The maximum Gasteiger partial charge on any atom is 0.228 e. The van der Waals surface area contributed by atoms with E-state index < -0.39 is 5.95 Å². The van der Waals surface area contributed by atoms with Gasteiger partial charge < -0.3 is 5.32 Å². The number of anilines is 2. The Morgan fingerprint density at radius 1 is 1.06 bits per heavy atom. The maximum atomic E-state index is 15.3. The fourth-order valence-corrected chi connectivity index (χ4v) is 4.23. The molecule has 1 atom stereocenters. The van der Waals surface area contributed by atoms with Gasteiger partial charge in [0.05, 0.1) is 11.9 Å². The van der Waals surface area contributed by atoms with E-state index in [9.17, 15) is 0 Å². The molecule has 0 aliphatic carbocycles. The van der Waals surface area contributed by atoms with Crippen molar-refractivity contribution in [3.05, 3.63) is 84.3 Å². The zero-order valence-corrected chi connectivity index (χ0v) is 19.3. The summed E-state index contributed by atoms with van der Waals surface area (Å²) in [6.45, 7) is 0. The first-order valence-electron chi connectivity index (χ1n) is 10.4. The minimum atomic E-state index is -0.443. The number of nitrogens with one attached hydrogen (secondary N) is 1. The summed E-state index contributed by atoms with van der Waals surface area (Å²) in [7, 11) is 1.82. The molecule has 5 aromatic rings. The minimum Gasteiger partial charge on any atom is -0.309 e. The lowest BCUT2D eigenvalue weighted by atomic mass is 10.0. The van der Waals surface area contributed by atoms with Crippen LogP contribution >= 0.6 is 15.9 Å². The fourth-order valence-electron chi connectivity index (χ4n) is 3.71. The van der Waals surface area contributed by atoms with Gasteiger partial charge in [0, 0.05) is 42.2 Å². The highest BCUT2D eigenvalue weighted by Gasteiger charge is 2.21. The Bertz CT molecular complexity index is 1400. The number of alkyl halides is 1. The van der Waals surface area contributed by atoms with Crippen molar-refractivity contribution in [1.29, 1.82) is 0 Å². The molecule has 8 nitrogen and oxygen atoms in total. The molecule has 1 N–H and O–H groups in total. The Labute approximate surface area is 197 Å². The predicted octanol–water partition coefficient (Wildman–Crippen LogP) is 4.52. The van der Waals surface area contributed by atoms with Gasteiger partial charge in [-0.15, -0.1) is 10.2 Å². The smallest absolute Gasteiger partial charge is 0.228 e. The first-order chi connectivity index (χ1) is 16.1. The molecule has 10 heteroatoms. The molecule has 0 saturated heterocycles. The van der Waals surface area contributed by atoms with Crippen LogP contribution in [0.3, 0.4) is 0 Å². The third-order valence-electron chi connectivity index (χ3n) is 5.37. The highest BCUT2D eigenvalue weighted by Crippen LogP contribution is 2.27. The number of hydrogen-bond donors (Lipinski definition) is 1. The number of hydrogen-bond acceptors (Lipinski definition) is 6. The highest BCUT2D eigenvalue weighted by molar-refractivity contribution is 9.09. The van der Waals surface area contributed by atoms with Crippen LogP contribution in [0.5, 0.6) is 0 Å². The molecular formula is C23H20BrFN8. The Kier molecular flexibility index (Phi) is 5.82. The van der Waals surface area contributed by atoms with Crippen molar-refractivity contribution >= 4 is 33.3 Å². The molecule has 1 aromatic carbocycles. The number of aromatic nitrogens is 7. The van der Waals surface area contributed by atoms with Crippen molar-refractivity contribution in [1.82, 2.24) is 34.3 Å². The van der Waals surface area contributed by atoms with Gasteiger partial charge in [0.2, 0.25) is 11.9 Å². The first kappa shape index (κ1) is 21.2. The Morgan fingerprint density at radius 2 is 1.91 bits per heavy atom. The third-order valence-corrected chi connectivity index (χ3v) is 6.16. The van der Waals surface area contributed by atoms with Gasteiger partial charge in [-0.25, -0.2) is 9.97 Å². The van der Waals surface area contributed by atoms with E-state index in [0.29, 0.717) is 34.0 Å². The lowest BCUT2D eigenvalue weighted by Gasteiger charge is -2.13. The monoisotopic (exact) mass is 506 g/mol. The molecular weight excluding hydrogens is 487 g/mol. The zero-order chi connectivity index (χ0) is 22.8. The van der Waals surface area contributed by atoms with Crippen LogP contribution in [0.15, 0.2) is 67.0 Å².